The minimum absolute atomic E-state index is 0.0597. The van der Waals surface area contributed by atoms with Crippen LogP contribution in [0, 0.1) is 0 Å². The molecule has 166 valence electrons. The van der Waals surface area contributed by atoms with Crippen LogP contribution in [0.1, 0.15) is 27.1 Å². The molecule has 0 aliphatic carbocycles. The van der Waals surface area contributed by atoms with Crippen LogP contribution in [0.4, 0.5) is 5.69 Å². The van der Waals surface area contributed by atoms with Gasteiger partial charge < -0.3 is 10.6 Å². The fourth-order valence-corrected chi connectivity index (χ4v) is 4.76. The molecule has 0 radical (unpaired) electrons. The van der Waals surface area contributed by atoms with Crippen molar-refractivity contribution in [2.24, 2.45) is 0 Å². The first-order chi connectivity index (χ1) is 15.2. The van der Waals surface area contributed by atoms with E-state index < -0.39 is 9.84 Å². The highest BCUT2D eigenvalue weighted by molar-refractivity contribution is 7.91. The third kappa shape index (κ3) is 6.56. The molecule has 2 N–H and O–H groups in total. The smallest absolute Gasteiger partial charge is 0.255 e. The molecule has 0 fully saturated rings. The third-order valence-corrected chi connectivity index (χ3v) is 6.76. The number of anilines is 1. The lowest BCUT2D eigenvalue weighted by molar-refractivity contribution is 0.0953. The van der Waals surface area contributed by atoms with Crippen molar-refractivity contribution in [2.45, 2.75) is 11.3 Å². The summed E-state index contributed by atoms with van der Waals surface area (Å²) in [5, 5.41) is 6.12. The van der Waals surface area contributed by atoms with Crippen molar-refractivity contribution in [1.29, 1.82) is 0 Å². The quantitative estimate of drug-likeness (QED) is 0.441. The number of nitrogens with one attached hydrogen (secondary N) is 2. The van der Waals surface area contributed by atoms with Gasteiger partial charge in [-0.3, -0.25) is 9.59 Å². The van der Waals surface area contributed by atoms with Gasteiger partial charge in [-0.2, -0.15) is 0 Å². The number of sulfone groups is 1. The molecule has 32 heavy (non-hydrogen) atoms. The van der Waals surface area contributed by atoms with Crippen molar-refractivity contribution in [3.63, 3.8) is 0 Å². The van der Waals surface area contributed by atoms with E-state index in [-0.39, 0.29) is 29.0 Å². The van der Waals surface area contributed by atoms with Crippen LogP contribution in [0.5, 0.6) is 0 Å². The van der Waals surface area contributed by atoms with Gasteiger partial charge in [0.15, 0.2) is 9.84 Å². The van der Waals surface area contributed by atoms with Gasteiger partial charge in [0, 0.05) is 33.4 Å². The van der Waals surface area contributed by atoms with E-state index in [9.17, 15) is 18.0 Å². The fourth-order valence-electron chi connectivity index (χ4n) is 2.90. The lowest BCUT2D eigenvalue weighted by atomic mass is 10.1. The summed E-state index contributed by atoms with van der Waals surface area (Å²) in [5.41, 5.74) is 1.20. The van der Waals surface area contributed by atoms with Crippen LogP contribution in [0.25, 0.3) is 0 Å². The molecule has 0 aromatic heterocycles. The van der Waals surface area contributed by atoms with Gasteiger partial charge in [0.05, 0.1) is 10.6 Å². The molecule has 0 saturated carbocycles. The highest BCUT2D eigenvalue weighted by Gasteiger charge is 2.14. The molecular formula is C23H20Cl2N2O4S. The molecule has 2 amide bonds. The van der Waals surface area contributed by atoms with Crippen LogP contribution in [0.3, 0.4) is 0 Å². The van der Waals surface area contributed by atoms with Crippen LogP contribution < -0.4 is 10.6 Å². The number of rotatable bonds is 8. The van der Waals surface area contributed by atoms with Gasteiger partial charge in [-0.05, 0) is 61.0 Å². The predicted octanol–water partition coefficient (Wildman–Crippen LogP) is 4.84. The van der Waals surface area contributed by atoms with Crippen molar-refractivity contribution in [1.82, 2.24) is 5.32 Å². The van der Waals surface area contributed by atoms with Gasteiger partial charge in [-0.25, -0.2) is 8.42 Å². The van der Waals surface area contributed by atoms with Crippen LogP contribution in [0.2, 0.25) is 10.0 Å². The van der Waals surface area contributed by atoms with E-state index in [1.54, 1.807) is 54.6 Å². The summed E-state index contributed by atoms with van der Waals surface area (Å²) in [6.07, 6.45) is 0.291. The Morgan fingerprint density at radius 2 is 1.41 bits per heavy atom. The molecule has 6 nitrogen and oxygen atoms in total. The predicted molar refractivity (Wildman–Crippen MR) is 126 cm³/mol. The van der Waals surface area contributed by atoms with E-state index >= 15 is 0 Å². The zero-order valence-corrected chi connectivity index (χ0v) is 19.2. The van der Waals surface area contributed by atoms with Crippen molar-refractivity contribution in [3.05, 3.63) is 94.0 Å². The Labute approximate surface area is 196 Å². The second-order valence-corrected chi connectivity index (χ2v) is 9.91. The molecule has 9 heteroatoms. The Hall–Kier alpha value is -2.87. The maximum atomic E-state index is 12.3. The van der Waals surface area contributed by atoms with Gasteiger partial charge in [0.1, 0.15) is 0 Å². The molecule has 0 aliphatic rings. The van der Waals surface area contributed by atoms with E-state index in [1.807, 2.05) is 0 Å². The van der Waals surface area contributed by atoms with Crippen LogP contribution in [-0.2, 0) is 9.84 Å². The lowest BCUT2D eigenvalue weighted by Crippen LogP contribution is -2.26. The Kier molecular flexibility index (Phi) is 7.90. The topological polar surface area (TPSA) is 92.3 Å². The molecule has 0 atom stereocenters. The molecule has 0 saturated heterocycles. The summed E-state index contributed by atoms with van der Waals surface area (Å²) in [4.78, 5) is 24.9. The molecule has 0 unspecified atom stereocenters. The maximum absolute atomic E-state index is 12.3. The second-order valence-electron chi connectivity index (χ2n) is 6.93. The summed E-state index contributed by atoms with van der Waals surface area (Å²) in [5.74, 6) is -0.775. The summed E-state index contributed by atoms with van der Waals surface area (Å²) in [7, 11) is -3.38. The fraction of sp³-hybridized carbons (Fsp3) is 0.130. The highest BCUT2D eigenvalue weighted by atomic mass is 35.5. The molecule has 0 aliphatic heterocycles. The molecule has 3 aromatic carbocycles. The van der Waals surface area contributed by atoms with Gasteiger partial charge >= 0.3 is 0 Å². The molecule has 0 spiro atoms. The van der Waals surface area contributed by atoms with E-state index in [0.717, 1.165) is 0 Å². The van der Waals surface area contributed by atoms with Gasteiger partial charge in [0.2, 0.25) is 0 Å². The van der Waals surface area contributed by atoms with Crippen LogP contribution in [0.15, 0.2) is 77.7 Å². The SMILES string of the molecule is O=C(NCCCS(=O)(=O)c1ccccc1)c1ccc(NC(=O)c2cc(Cl)cc(Cl)c2)cc1. The monoisotopic (exact) mass is 490 g/mol. The van der Waals surface area contributed by atoms with Crippen molar-refractivity contribution < 1.29 is 18.0 Å². The molecule has 0 bridgehead atoms. The number of hydrogen-bond donors (Lipinski definition) is 2. The average Bonchev–Trinajstić information content (AvgIpc) is 2.77. The van der Waals surface area contributed by atoms with E-state index in [0.29, 0.717) is 33.3 Å². The van der Waals surface area contributed by atoms with Crippen LogP contribution >= 0.6 is 23.2 Å². The van der Waals surface area contributed by atoms with Gasteiger partial charge in [0.25, 0.3) is 11.8 Å². The molecular weight excluding hydrogens is 471 g/mol. The zero-order chi connectivity index (χ0) is 23.1. The first kappa shape index (κ1) is 23.8. The summed E-state index contributed by atoms with van der Waals surface area (Å²) in [6.45, 7) is 0.221. The minimum atomic E-state index is -3.38. The Balaban J connectivity index is 1.50. The Bertz CT molecular complexity index is 1190. The Morgan fingerprint density at radius 3 is 2.03 bits per heavy atom. The molecule has 0 heterocycles. The van der Waals surface area contributed by atoms with Gasteiger partial charge in [-0.1, -0.05) is 41.4 Å². The first-order valence-electron chi connectivity index (χ1n) is 9.68. The molecule has 3 aromatic rings. The normalized spacial score (nSPS) is 11.1. The van der Waals surface area contributed by atoms with Crippen molar-refractivity contribution in [3.8, 4) is 0 Å². The zero-order valence-electron chi connectivity index (χ0n) is 16.8. The minimum Gasteiger partial charge on any atom is -0.352 e. The number of amides is 2. The Morgan fingerprint density at radius 1 is 0.781 bits per heavy atom. The van der Waals surface area contributed by atoms with Crippen molar-refractivity contribution in [2.75, 3.05) is 17.6 Å². The van der Waals surface area contributed by atoms with E-state index in [4.69, 9.17) is 23.2 Å². The summed E-state index contributed by atoms with van der Waals surface area (Å²) >= 11 is 11.8. The number of carbonyl (C=O) groups excluding carboxylic acids is 2. The summed E-state index contributed by atoms with van der Waals surface area (Å²) in [6, 6.07) is 19.1. The number of hydrogen-bond acceptors (Lipinski definition) is 4. The number of halogens is 2. The second kappa shape index (κ2) is 10.6. The average molecular weight is 491 g/mol. The standard InChI is InChI=1S/C23H20Cl2N2O4S/c24-18-13-17(14-19(25)15-18)23(29)27-20-9-7-16(8-10-20)22(28)26-11-4-12-32(30,31)21-5-2-1-3-6-21/h1-3,5-10,13-15H,4,11-12H2,(H,26,28)(H,27,29). The molecule has 3 rings (SSSR count). The first-order valence-corrected chi connectivity index (χ1v) is 12.1. The van der Waals surface area contributed by atoms with E-state index in [2.05, 4.69) is 10.6 Å². The lowest BCUT2D eigenvalue weighted by Gasteiger charge is -2.09. The maximum Gasteiger partial charge on any atom is 0.255 e. The van der Waals surface area contributed by atoms with Gasteiger partial charge in [-0.15, -0.1) is 0 Å². The summed E-state index contributed by atoms with van der Waals surface area (Å²) < 4.78 is 24.5. The van der Waals surface area contributed by atoms with Crippen LogP contribution in [-0.4, -0.2) is 32.5 Å². The van der Waals surface area contributed by atoms with E-state index in [1.165, 1.54) is 18.2 Å². The number of carbonyl (C=O) groups is 2. The number of benzene rings is 3. The largest absolute Gasteiger partial charge is 0.352 e. The highest BCUT2D eigenvalue weighted by Crippen LogP contribution is 2.20. The van der Waals surface area contributed by atoms with Crippen molar-refractivity contribution >= 4 is 50.5 Å². The third-order valence-electron chi connectivity index (χ3n) is 4.51.